The van der Waals surface area contributed by atoms with E-state index in [2.05, 4.69) is 23.3 Å². The molecular formula is C12H11FN2O3S. The molecule has 7 heteroatoms. The molecule has 1 aliphatic rings. The minimum Gasteiger partial charge on any atom is -0.340 e. The molecule has 0 aliphatic carbocycles. The van der Waals surface area contributed by atoms with Crippen LogP contribution in [-0.2, 0) is 9.59 Å². The molecule has 0 radical (unpaired) electrons. The van der Waals surface area contributed by atoms with Crippen LogP contribution in [0, 0.1) is 5.82 Å². The van der Waals surface area contributed by atoms with Gasteiger partial charge in [0.15, 0.2) is 0 Å². The number of imide groups is 1. The summed E-state index contributed by atoms with van der Waals surface area (Å²) in [5, 5.41) is 4.51. The van der Waals surface area contributed by atoms with E-state index in [-0.39, 0.29) is 24.3 Å². The van der Waals surface area contributed by atoms with Crippen molar-refractivity contribution in [2.75, 3.05) is 0 Å². The van der Waals surface area contributed by atoms with Crippen LogP contribution < -0.4 is 10.6 Å². The Morgan fingerprint density at radius 2 is 2.16 bits per heavy atom. The topological polar surface area (TPSA) is 75.3 Å². The molecule has 19 heavy (non-hydrogen) atoms. The first-order valence-electron chi connectivity index (χ1n) is 5.60. The summed E-state index contributed by atoms with van der Waals surface area (Å²) in [7, 11) is 0. The highest BCUT2D eigenvalue weighted by molar-refractivity contribution is 7.80. The van der Waals surface area contributed by atoms with Gasteiger partial charge in [-0.25, -0.2) is 4.39 Å². The highest BCUT2D eigenvalue weighted by atomic mass is 32.1. The van der Waals surface area contributed by atoms with Crippen molar-refractivity contribution in [3.05, 3.63) is 29.6 Å². The van der Waals surface area contributed by atoms with Crippen molar-refractivity contribution in [3.8, 4) is 0 Å². The molecule has 100 valence electrons. The van der Waals surface area contributed by atoms with Gasteiger partial charge in [-0.15, -0.1) is 12.6 Å². The zero-order chi connectivity index (χ0) is 14.0. The Hall–Kier alpha value is -1.89. The van der Waals surface area contributed by atoms with Gasteiger partial charge in [-0.3, -0.25) is 19.7 Å². The van der Waals surface area contributed by atoms with Gasteiger partial charge in [0.1, 0.15) is 11.9 Å². The third-order valence-corrected chi connectivity index (χ3v) is 3.02. The summed E-state index contributed by atoms with van der Waals surface area (Å²) in [6, 6.07) is 3.00. The van der Waals surface area contributed by atoms with E-state index < -0.39 is 23.7 Å². The van der Waals surface area contributed by atoms with Crippen LogP contribution in [0.3, 0.4) is 0 Å². The quantitative estimate of drug-likeness (QED) is 0.551. The van der Waals surface area contributed by atoms with E-state index in [1.807, 2.05) is 0 Å². The number of hydrogen-bond acceptors (Lipinski definition) is 4. The van der Waals surface area contributed by atoms with Crippen molar-refractivity contribution in [2.45, 2.75) is 23.8 Å². The second-order valence-corrected chi connectivity index (χ2v) is 4.66. The fraction of sp³-hybridized carbons (Fsp3) is 0.250. The summed E-state index contributed by atoms with van der Waals surface area (Å²) in [5.74, 6) is -2.35. The number of rotatable bonds is 2. The largest absolute Gasteiger partial charge is 0.340 e. The van der Waals surface area contributed by atoms with Gasteiger partial charge in [0.25, 0.3) is 5.91 Å². The van der Waals surface area contributed by atoms with Crippen LogP contribution in [0.2, 0.25) is 0 Å². The van der Waals surface area contributed by atoms with E-state index in [1.165, 1.54) is 12.1 Å². The highest BCUT2D eigenvalue weighted by Gasteiger charge is 2.28. The lowest BCUT2D eigenvalue weighted by atomic mass is 10.1. The molecule has 1 saturated heterocycles. The first kappa shape index (κ1) is 13.5. The predicted octanol–water partition coefficient (Wildman–Crippen LogP) is 0.649. The van der Waals surface area contributed by atoms with E-state index in [0.717, 1.165) is 6.07 Å². The van der Waals surface area contributed by atoms with E-state index in [9.17, 15) is 18.8 Å². The monoisotopic (exact) mass is 282 g/mol. The number of carbonyl (C=O) groups excluding carboxylic acids is 3. The Balaban J connectivity index is 2.11. The smallest absolute Gasteiger partial charge is 0.254 e. The molecule has 1 atom stereocenters. The number of amides is 3. The van der Waals surface area contributed by atoms with E-state index >= 15 is 0 Å². The number of piperidine rings is 1. The van der Waals surface area contributed by atoms with Gasteiger partial charge in [0, 0.05) is 11.3 Å². The van der Waals surface area contributed by atoms with Crippen molar-refractivity contribution in [3.63, 3.8) is 0 Å². The van der Waals surface area contributed by atoms with Crippen LogP contribution in [0.15, 0.2) is 23.1 Å². The highest BCUT2D eigenvalue weighted by Crippen LogP contribution is 2.14. The third-order valence-electron chi connectivity index (χ3n) is 2.74. The van der Waals surface area contributed by atoms with Gasteiger partial charge in [-0.1, -0.05) is 0 Å². The lowest BCUT2D eigenvalue weighted by Crippen LogP contribution is -2.52. The molecule has 1 unspecified atom stereocenters. The molecule has 0 aromatic heterocycles. The zero-order valence-corrected chi connectivity index (χ0v) is 10.7. The molecule has 0 spiro atoms. The van der Waals surface area contributed by atoms with Crippen molar-refractivity contribution in [1.29, 1.82) is 0 Å². The Bertz CT molecular complexity index is 562. The number of nitrogens with one attached hydrogen (secondary N) is 2. The zero-order valence-electron chi connectivity index (χ0n) is 9.77. The maximum Gasteiger partial charge on any atom is 0.254 e. The second-order valence-electron chi connectivity index (χ2n) is 4.14. The Morgan fingerprint density at radius 3 is 2.84 bits per heavy atom. The van der Waals surface area contributed by atoms with Crippen LogP contribution in [0.1, 0.15) is 23.2 Å². The molecule has 1 aromatic carbocycles. The van der Waals surface area contributed by atoms with Gasteiger partial charge < -0.3 is 5.32 Å². The molecular weight excluding hydrogens is 271 g/mol. The number of hydrogen-bond donors (Lipinski definition) is 3. The lowest BCUT2D eigenvalue weighted by molar-refractivity contribution is -0.134. The Morgan fingerprint density at radius 1 is 1.42 bits per heavy atom. The summed E-state index contributed by atoms with van der Waals surface area (Å²) < 4.78 is 13.5. The second kappa shape index (κ2) is 5.40. The summed E-state index contributed by atoms with van der Waals surface area (Å²) in [5.41, 5.74) is -0.183. The molecule has 0 bridgehead atoms. The summed E-state index contributed by atoms with van der Waals surface area (Å²) in [6.07, 6.45) is 0.352. The third kappa shape index (κ3) is 3.11. The molecule has 1 fully saturated rings. The van der Waals surface area contributed by atoms with Gasteiger partial charge in [-0.05, 0) is 24.6 Å². The van der Waals surface area contributed by atoms with Crippen LogP contribution in [0.25, 0.3) is 0 Å². The van der Waals surface area contributed by atoms with E-state index in [0.29, 0.717) is 4.90 Å². The van der Waals surface area contributed by atoms with Crippen LogP contribution in [0.5, 0.6) is 0 Å². The number of benzene rings is 1. The molecule has 3 amide bonds. The first-order valence-corrected chi connectivity index (χ1v) is 6.05. The Kier molecular flexibility index (Phi) is 3.84. The molecule has 0 saturated carbocycles. The molecule has 5 nitrogen and oxygen atoms in total. The Labute approximate surface area is 114 Å². The normalized spacial score (nSPS) is 18.9. The van der Waals surface area contributed by atoms with Crippen molar-refractivity contribution >= 4 is 30.4 Å². The fourth-order valence-corrected chi connectivity index (χ4v) is 1.96. The van der Waals surface area contributed by atoms with Crippen molar-refractivity contribution in [1.82, 2.24) is 10.6 Å². The molecule has 1 heterocycles. The summed E-state index contributed by atoms with van der Waals surface area (Å²) in [4.78, 5) is 34.7. The van der Waals surface area contributed by atoms with Crippen molar-refractivity contribution in [2.24, 2.45) is 0 Å². The van der Waals surface area contributed by atoms with E-state index in [1.54, 1.807) is 0 Å². The van der Waals surface area contributed by atoms with Crippen LogP contribution in [-0.4, -0.2) is 23.8 Å². The standard InChI is InChI=1S/C12H11FN2O3S/c13-8-2-1-6(19)5-7(8)11(17)14-9-3-4-10(16)15-12(9)18/h1-2,5,9,19H,3-4H2,(H,14,17)(H,15,16,18). The SMILES string of the molecule is O=C1CCC(NC(=O)c2cc(S)ccc2F)C(=O)N1. The minimum absolute atomic E-state index is 0.145. The fourth-order valence-electron chi connectivity index (χ4n) is 1.75. The summed E-state index contributed by atoms with van der Waals surface area (Å²) >= 11 is 4.02. The van der Waals surface area contributed by atoms with Gasteiger partial charge >= 0.3 is 0 Å². The number of carbonyl (C=O) groups is 3. The van der Waals surface area contributed by atoms with Gasteiger partial charge in [0.2, 0.25) is 11.8 Å². The lowest BCUT2D eigenvalue weighted by Gasteiger charge is -2.21. The van der Waals surface area contributed by atoms with Gasteiger partial charge in [-0.2, -0.15) is 0 Å². The maximum absolute atomic E-state index is 13.5. The average molecular weight is 282 g/mol. The molecule has 1 aliphatic heterocycles. The minimum atomic E-state index is -0.826. The van der Waals surface area contributed by atoms with Crippen LogP contribution >= 0.6 is 12.6 Å². The molecule has 1 aromatic rings. The van der Waals surface area contributed by atoms with E-state index in [4.69, 9.17) is 0 Å². The molecule has 2 N–H and O–H groups in total. The summed E-state index contributed by atoms with van der Waals surface area (Å²) in [6.45, 7) is 0. The van der Waals surface area contributed by atoms with Crippen molar-refractivity contribution < 1.29 is 18.8 Å². The number of thiol groups is 1. The maximum atomic E-state index is 13.5. The predicted molar refractivity (Wildman–Crippen MR) is 67.3 cm³/mol. The first-order chi connectivity index (χ1) is 8.97. The number of halogens is 1. The molecule has 2 rings (SSSR count). The van der Waals surface area contributed by atoms with Gasteiger partial charge in [0.05, 0.1) is 5.56 Å². The van der Waals surface area contributed by atoms with Crippen LogP contribution in [0.4, 0.5) is 4.39 Å². The average Bonchev–Trinajstić information content (AvgIpc) is 2.35.